The van der Waals surface area contributed by atoms with E-state index in [0.717, 1.165) is 0 Å². The van der Waals surface area contributed by atoms with Gasteiger partial charge in [0.15, 0.2) is 5.78 Å². The summed E-state index contributed by atoms with van der Waals surface area (Å²) < 4.78 is 0. The van der Waals surface area contributed by atoms with Crippen LogP contribution in [-0.4, -0.2) is 27.7 Å². The van der Waals surface area contributed by atoms with Crippen molar-refractivity contribution in [3.63, 3.8) is 0 Å². The monoisotopic (exact) mass is 144 g/mol. The molecule has 1 aliphatic carbocycles. The van der Waals surface area contributed by atoms with Crippen molar-refractivity contribution in [2.45, 2.75) is 37.9 Å². The Morgan fingerprint density at radius 1 is 1.70 bits per heavy atom. The second-order valence-electron chi connectivity index (χ2n) is 2.98. The molecule has 0 saturated heterocycles. The number of carbonyl (C=O) groups excluding carboxylic acids is 1. The number of aliphatic hydroxyl groups excluding tert-OH is 1. The Labute approximate surface area is 59.7 Å². The van der Waals surface area contributed by atoms with Gasteiger partial charge in [0.25, 0.3) is 0 Å². The minimum atomic E-state index is -1.49. The number of hydrogen-bond donors (Lipinski definition) is 2. The summed E-state index contributed by atoms with van der Waals surface area (Å²) >= 11 is 0. The highest BCUT2D eigenvalue weighted by Gasteiger charge is 2.40. The van der Waals surface area contributed by atoms with Crippen LogP contribution in [0.25, 0.3) is 0 Å². The molecule has 0 heterocycles. The molecule has 3 nitrogen and oxygen atoms in total. The van der Waals surface area contributed by atoms with Crippen LogP contribution in [0.2, 0.25) is 0 Å². The smallest absolute Gasteiger partial charge is 0.166 e. The Balaban J connectivity index is 2.73. The van der Waals surface area contributed by atoms with Crippen LogP contribution >= 0.6 is 0 Å². The number of rotatable bonds is 0. The third kappa shape index (κ3) is 1.07. The first kappa shape index (κ1) is 7.69. The summed E-state index contributed by atoms with van der Waals surface area (Å²) in [5.74, 6) is -0.244. The molecule has 0 unspecified atom stereocenters. The fourth-order valence-electron chi connectivity index (χ4n) is 1.18. The Morgan fingerprint density at radius 2 is 2.30 bits per heavy atom. The van der Waals surface area contributed by atoms with Crippen LogP contribution in [0.3, 0.4) is 0 Å². The molecular formula is C7H12O3. The Bertz CT molecular complexity index is 151. The maximum atomic E-state index is 10.9. The number of ketones is 1. The summed E-state index contributed by atoms with van der Waals surface area (Å²) in [4.78, 5) is 10.9. The lowest BCUT2D eigenvalue weighted by atomic mass is 9.83. The molecule has 0 radical (unpaired) electrons. The van der Waals surface area contributed by atoms with E-state index < -0.39 is 11.7 Å². The third-order valence-electron chi connectivity index (χ3n) is 2.09. The summed E-state index contributed by atoms with van der Waals surface area (Å²) in [6.07, 6.45) is 0.743. The third-order valence-corrected chi connectivity index (χ3v) is 2.09. The highest BCUT2D eigenvalue weighted by molar-refractivity contribution is 5.88. The molecule has 2 atom stereocenters. The molecule has 0 aliphatic heterocycles. The van der Waals surface area contributed by atoms with E-state index in [1.165, 1.54) is 6.92 Å². The molecule has 0 aromatic heterocycles. The Morgan fingerprint density at radius 3 is 2.70 bits per heavy atom. The lowest BCUT2D eigenvalue weighted by Gasteiger charge is -2.31. The molecule has 58 valence electrons. The molecular weight excluding hydrogens is 132 g/mol. The highest BCUT2D eigenvalue weighted by Crippen LogP contribution is 2.24. The molecule has 3 heteroatoms. The first-order chi connectivity index (χ1) is 4.55. The molecule has 1 rings (SSSR count). The predicted octanol–water partition coefficient (Wildman–Crippen LogP) is -0.149. The van der Waals surface area contributed by atoms with Crippen molar-refractivity contribution >= 4 is 5.78 Å². The van der Waals surface area contributed by atoms with Crippen molar-refractivity contribution in [2.24, 2.45) is 0 Å². The van der Waals surface area contributed by atoms with Gasteiger partial charge in [0.05, 0.1) is 6.10 Å². The van der Waals surface area contributed by atoms with Gasteiger partial charge >= 0.3 is 0 Å². The van der Waals surface area contributed by atoms with E-state index in [-0.39, 0.29) is 5.78 Å². The fraction of sp³-hybridized carbons (Fsp3) is 0.857. The van der Waals surface area contributed by atoms with Gasteiger partial charge in [-0.3, -0.25) is 4.79 Å². The topological polar surface area (TPSA) is 57.5 Å². The minimum Gasteiger partial charge on any atom is -0.390 e. The van der Waals surface area contributed by atoms with Crippen molar-refractivity contribution in [2.75, 3.05) is 0 Å². The van der Waals surface area contributed by atoms with E-state index in [0.29, 0.717) is 19.3 Å². The fourth-order valence-corrected chi connectivity index (χ4v) is 1.18. The van der Waals surface area contributed by atoms with Crippen molar-refractivity contribution in [3.8, 4) is 0 Å². The van der Waals surface area contributed by atoms with Crippen LogP contribution in [0.15, 0.2) is 0 Å². The Kier molecular flexibility index (Phi) is 1.79. The SMILES string of the molecule is C[C@@]1(O)C(=O)CCC[C@H]1O. The second-order valence-corrected chi connectivity index (χ2v) is 2.98. The van der Waals surface area contributed by atoms with Gasteiger partial charge in [-0.15, -0.1) is 0 Å². The summed E-state index contributed by atoms with van der Waals surface area (Å²) in [6.45, 7) is 1.37. The maximum Gasteiger partial charge on any atom is 0.166 e. The largest absolute Gasteiger partial charge is 0.390 e. The Hall–Kier alpha value is -0.410. The van der Waals surface area contributed by atoms with Gasteiger partial charge in [-0.2, -0.15) is 0 Å². The first-order valence-electron chi connectivity index (χ1n) is 3.49. The number of hydrogen-bond acceptors (Lipinski definition) is 3. The van der Waals surface area contributed by atoms with E-state index in [2.05, 4.69) is 0 Å². The molecule has 0 bridgehead atoms. The van der Waals surface area contributed by atoms with Crippen molar-refractivity contribution in [3.05, 3.63) is 0 Å². The number of Topliss-reactive ketones (excluding diaryl/α,β-unsaturated/α-hetero) is 1. The van der Waals surface area contributed by atoms with Crippen molar-refractivity contribution < 1.29 is 15.0 Å². The first-order valence-corrected chi connectivity index (χ1v) is 3.49. The summed E-state index contributed by atoms with van der Waals surface area (Å²) in [7, 11) is 0. The second kappa shape index (κ2) is 2.32. The summed E-state index contributed by atoms with van der Waals surface area (Å²) in [5.41, 5.74) is -1.49. The van der Waals surface area contributed by atoms with Crippen LogP contribution < -0.4 is 0 Å². The van der Waals surface area contributed by atoms with E-state index in [1.807, 2.05) is 0 Å². The molecule has 0 spiro atoms. The maximum absolute atomic E-state index is 10.9. The zero-order valence-electron chi connectivity index (χ0n) is 6.00. The lowest BCUT2D eigenvalue weighted by Crippen LogP contribution is -2.49. The van der Waals surface area contributed by atoms with Crippen molar-refractivity contribution in [1.82, 2.24) is 0 Å². The molecule has 0 aromatic carbocycles. The van der Waals surface area contributed by atoms with E-state index in [9.17, 15) is 9.90 Å². The normalized spacial score (nSPS) is 41.9. The van der Waals surface area contributed by atoms with Gasteiger partial charge < -0.3 is 10.2 Å². The molecule has 1 fully saturated rings. The van der Waals surface area contributed by atoms with Crippen LogP contribution in [0.4, 0.5) is 0 Å². The van der Waals surface area contributed by atoms with E-state index in [1.54, 1.807) is 0 Å². The van der Waals surface area contributed by atoms with Crippen LogP contribution in [0, 0.1) is 0 Å². The van der Waals surface area contributed by atoms with Gasteiger partial charge in [0.1, 0.15) is 5.60 Å². The predicted molar refractivity (Wildman–Crippen MR) is 35.5 cm³/mol. The average molecular weight is 144 g/mol. The van der Waals surface area contributed by atoms with Gasteiger partial charge in [-0.1, -0.05) is 0 Å². The molecule has 0 aromatic rings. The van der Waals surface area contributed by atoms with E-state index >= 15 is 0 Å². The van der Waals surface area contributed by atoms with Gasteiger partial charge in [0, 0.05) is 6.42 Å². The van der Waals surface area contributed by atoms with Crippen LogP contribution in [0.1, 0.15) is 26.2 Å². The van der Waals surface area contributed by atoms with Gasteiger partial charge in [0.2, 0.25) is 0 Å². The van der Waals surface area contributed by atoms with Crippen molar-refractivity contribution in [1.29, 1.82) is 0 Å². The number of carbonyl (C=O) groups is 1. The summed E-state index contributed by atoms with van der Waals surface area (Å²) in [6, 6.07) is 0. The van der Waals surface area contributed by atoms with Gasteiger partial charge in [-0.05, 0) is 19.8 Å². The molecule has 1 saturated carbocycles. The highest BCUT2D eigenvalue weighted by atomic mass is 16.3. The zero-order chi connectivity index (χ0) is 7.78. The molecule has 0 amide bonds. The van der Waals surface area contributed by atoms with Gasteiger partial charge in [-0.25, -0.2) is 0 Å². The lowest BCUT2D eigenvalue weighted by molar-refractivity contribution is -0.152. The summed E-state index contributed by atoms with van der Waals surface area (Å²) in [5, 5.41) is 18.4. The standard InChI is InChI=1S/C7H12O3/c1-7(10)5(8)3-2-4-6(7)9/h5,8,10H,2-4H2,1H3/t5-,7+/m1/s1. The minimum absolute atomic E-state index is 0.244. The van der Waals surface area contributed by atoms with E-state index in [4.69, 9.17) is 5.11 Å². The average Bonchev–Trinajstić information content (AvgIpc) is 1.84. The molecule has 1 aliphatic rings. The molecule has 2 N–H and O–H groups in total. The zero-order valence-corrected chi connectivity index (χ0v) is 6.00. The van der Waals surface area contributed by atoms with Crippen LogP contribution in [0.5, 0.6) is 0 Å². The quantitative estimate of drug-likeness (QED) is 0.497. The van der Waals surface area contributed by atoms with Crippen LogP contribution in [-0.2, 0) is 4.79 Å². The number of aliphatic hydroxyl groups is 2. The molecule has 10 heavy (non-hydrogen) atoms.